The van der Waals surface area contributed by atoms with E-state index in [4.69, 9.17) is 5.73 Å². The summed E-state index contributed by atoms with van der Waals surface area (Å²) in [7, 11) is -4.18. The summed E-state index contributed by atoms with van der Waals surface area (Å²) in [5.41, 5.74) is 4.77. The number of halogens is 3. The van der Waals surface area contributed by atoms with Crippen LogP contribution in [-0.4, -0.2) is 21.2 Å². The molecule has 7 heteroatoms. The van der Waals surface area contributed by atoms with Crippen molar-refractivity contribution in [3.05, 3.63) is 29.1 Å². The molecule has 0 atom stereocenters. The van der Waals surface area contributed by atoms with Gasteiger partial charge in [-0.2, -0.15) is 0 Å². The first-order valence-electron chi connectivity index (χ1n) is 6.81. The van der Waals surface area contributed by atoms with Gasteiger partial charge in [-0.1, -0.05) is 19.3 Å². The Morgan fingerprint density at radius 2 is 1.71 bits per heavy atom. The Morgan fingerprint density at radius 3 is 2.19 bits per heavy atom. The van der Waals surface area contributed by atoms with Gasteiger partial charge in [0.15, 0.2) is 21.5 Å². The smallest absolute Gasteiger partial charge is 0.181 e. The van der Waals surface area contributed by atoms with Gasteiger partial charge < -0.3 is 5.73 Å². The van der Waals surface area contributed by atoms with Crippen LogP contribution in [-0.2, 0) is 15.3 Å². The van der Waals surface area contributed by atoms with Crippen LogP contribution in [0.4, 0.5) is 13.2 Å². The lowest BCUT2D eigenvalue weighted by atomic mass is 9.69. The van der Waals surface area contributed by atoms with Crippen molar-refractivity contribution in [1.29, 1.82) is 0 Å². The van der Waals surface area contributed by atoms with Crippen molar-refractivity contribution in [1.82, 2.24) is 0 Å². The fourth-order valence-electron chi connectivity index (χ4n) is 3.12. The summed E-state index contributed by atoms with van der Waals surface area (Å²) in [5.74, 6) is -4.21. The molecule has 0 spiro atoms. The summed E-state index contributed by atoms with van der Waals surface area (Å²) >= 11 is 0. The minimum atomic E-state index is -4.18. The summed E-state index contributed by atoms with van der Waals surface area (Å²) < 4.78 is 65.2. The van der Waals surface area contributed by atoms with Gasteiger partial charge in [-0.15, -0.1) is 0 Å². The highest BCUT2D eigenvalue weighted by molar-refractivity contribution is 7.90. The van der Waals surface area contributed by atoms with Crippen LogP contribution in [0.3, 0.4) is 0 Å². The molecular formula is C14H18F3NO2S. The first kappa shape index (κ1) is 16.3. The molecule has 1 fully saturated rings. The van der Waals surface area contributed by atoms with Crippen molar-refractivity contribution in [3.63, 3.8) is 0 Å². The molecule has 3 nitrogen and oxygen atoms in total. The number of nitrogens with two attached hydrogens (primary N) is 1. The monoisotopic (exact) mass is 321 g/mol. The summed E-state index contributed by atoms with van der Waals surface area (Å²) in [4.78, 5) is -1.22. The third-order valence-electron chi connectivity index (χ3n) is 4.26. The number of hydrogen-bond acceptors (Lipinski definition) is 3. The van der Waals surface area contributed by atoms with Gasteiger partial charge in [0.05, 0.1) is 0 Å². The number of hydrogen-bond donors (Lipinski definition) is 1. The van der Waals surface area contributed by atoms with E-state index in [1.165, 1.54) is 0 Å². The van der Waals surface area contributed by atoms with Crippen molar-refractivity contribution < 1.29 is 21.6 Å². The Morgan fingerprint density at radius 1 is 1.14 bits per heavy atom. The van der Waals surface area contributed by atoms with E-state index in [1.54, 1.807) is 0 Å². The molecule has 2 rings (SSSR count). The highest BCUT2D eigenvalue weighted by atomic mass is 32.2. The van der Waals surface area contributed by atoms with Gasteiger partial charge in [0, 0.05) is 23.8 Å². The molecule has 0 unspecified atom stereocenters. The molecule has 0 radical (unpaired) electrons. The average Bonchev–Trinajstić information content (AvgIpc) is 2.42. The molecule has 1 aromatic rings. The van der Waals surface area contributed by atoms with Crippen molar-refractivity contribution in [2.45, 2.75) is 42.4 Å². The van der Waals surface area contributed by atoms with Gasteiger partial charge in [-0.25, -0.2) is 21.6 Å². The van der Waals surface area contributed by atoms with E-state index in [0.29, 0.717) is 19.1 Å². The number of rotatable bonds is 3. The summed E-state index contributed by atoms with van der Waals surface area (Å²) in [6, 6.07) is 0.799. The van der Waals surface area contributed by atoms with E-state index in [1.807, 2.05) is 0 Å². The first-order chi connectivity index (χ1) is 9.73. The average molecular weight is 321 g/mol. The maximum atomic E-state index is 14.3. The fourth-order valence-corrected chi connectivity index (χ4v) is 3.94. The molecular weight excluding hydrogens is 303 g/mol. The van der Waals surface area contributed by atoms with Crippen molar-refractivity contribution >= 4 is 9.84 Å². The molecule has 0 saturated heterocycles. The van der Waals surface area contributed by atoms with Crippen LogP contribution in [0.25, 0.3) is 0 Å². The Bertz CT molecular complexity index is 653. The van der Waals surface area contributed by atoms with Gasteiger partial charge in [0.1, 0.15) is 10.7 Å². The zero-order valence-electron chi connectivity index (χ0n) is 11.8. The highest BCUT2D eigenvalue weighted by Crippen LogP contribution is 2.41. The van der Waals surface area contributed by atoms with Crippen LogP contribution in [0.1, 0.15) is 37.7 Å². The summed E-state index contributed by atoms with van der Waals surface area (Å²) in [6.45, 7) is 0.0705. The van der Waals surface area contributed by atoms with E-state index < -0.39 is 37.6 Å². The van der Waals surface area contributed by atoms with Gasteiger partial charge in [0.25, 0.3) is 0 Å². The van der Waals surface area contributed by atoms with Crippen LogP contribution in [0.2, 0.25) is 0 Å². The second-order valence-electron chi connectivity index (χ2n) is 5.68. The second-order valence-corrected chi connectivity index (χ2v) is 7.63. The van der Waals surface area contributed by atoms with Gasteiger partial charge in [-0.05, 0) is 18.9 Å². The Labute approximate surface area is 122 Å². The number of sulfone groups is 1. The fraction of sp³-hybridized carbons (Fsp3) is 0.571. The zero-order valence-corrected chi connectivity index (χ0v) is 12.6. The Kier molecular flexibility index (Phi) is 4.35. The largest absolute Gasteiger partial charge is 0.330 e. The predicted octanol–water partition coefficient (Wildman–Crippen LogP) is 2.67. The third-order valence-corrected chi connectivity index (χ3v) is 5.38. The normalized spacial score (nSPS) is 18.7. The second kappa shape index (κ2) is 5.61. The van der Waals surface area contributed by atoms with Crippen LogP contribution >= 0.6 is 0 Å². The molecule has 21 heavy (non-hydrogen) atoms. The van der Waals surface area contributed by atoms with Crippen molar-refractivity contribution in [3.8, 4) is 0 Å². The minimum absolute atomic E-state index is 0.0705. The van der Waals surface area contributed by atoms with Crippen LogP contribution in [0.5, 0.6) is 0 Å². The van der Waals surface area contributed by atoms with E-state index in [-0.39, 0.29) is 12.1 Å². The molecule has 0 amide bonds. The minimum Gasteiger partial charge on any atom is -0.330 e. The Balaban J connectivity index is 2.67. The van der Waals surface area contributed by atoms with Crippen LogP contribution in [0.15, 0.2) is 11.0 Å². The molecule has 118 valence electrons. The maximum absolute atomic E-state index is 14.3. The molecule has 0 aromatic heterocycles. The van der Waals surface area contributed by atoms with E-state index >= 15 is 0 Å². The predicted molar refractivity (Wildman–Crippen MR) is 73.2 cm³/mol. The molecule has 0 heterocycles. The van der Waals surface area contributed by atoms with Gasteiger partial charge in [0.2, 0.25) is 0 Å². The SMILES string of the molecule is CS(=O)(=O)c1c(F)cc(C2(CN)CCCCC2)c(F)c1F. The summed E-state index contributed by atoms with van der Waals surface area (Å²) in [5, 5.41) is 0. The zero-order chi connectivity index (χ0) is 15.8. The van der Waals surface area contributed by atoms with E-state index in [9.17, 15) is 21.6 Å². The topological polar surface area (TPSA) is 60.2 Å². The van der Waals surface area contributed by atoms with Gasteiger partial charge >= 0.3 is 0 Å². The maximum Gasteiger partial charge on any atom is 0.181 e. The lowest BCUT2D eigenvalue weighted by Gasteiger charge is -2.37. The quantitative estimate of drug-likeness (QED) is 0.871. The van der Waals surface area contributed by atoms with Crippen molar-refractivity contribution in [2.24, 2.45) is 5.73 Å². The Hall–Kier alpha value is -1.08. The number of benzene rings is 1. The molecule has 1 aliphatic rings. The summed E-state index contributed by atoms with van der Waals surface area (Å²) in [6.07, 6.45) is 4.29. The lowest BCUT2D eigenvalue weighted by molar-refractivity contribution is 0.284. The van der Waals surface area contributed by atoms with Crippen LogP contribution < -0.4 is 5.73 Å². The van der Waals surface area contributed by atoms with E-state index in [2.05, 4.69) is 0 Å². The van der Waals surface area contributed by atoms with Crippen molar-refractivity contribution in [2.75, 3.05) is 12.8 Å². The molecule has 0 aliphatic heterocycles. The standard InChI is InChI=1S/C14H18F3NO2S/c1-21(19,20)13-10(15)7-9(11(16)12(13)17)14(8-18)5-3-2-4-6-14/h7H,2-6,8,18H2,1H3. The van der Waals surface area contributed by atoms with E-state index in [0.717, 1.165) is 25.3 Å². The molecule has 2 N–H and O–H groups in total. The van der Waals surface area contributed by atoms with Crippen LogP contribution in [0, 0.1) is 17.5 Å². The molecule has 1 aromatic carbocycles. The third kappa shape index (κ3) is 2.81. The first-order valence-corrected chi connectivity index (χ1v) is 8.70. The van der Waals surface area contributed by atoms with Gasteiger partial charge in [-0.3, -0.25) is 0 Å². The molecule has 1 saturated carbocycles. The molecule has 1 aliphatic carbocycles. The molecule has 0 bridgehead atoms. The lowest BCUT2D eigenvalue weighted by Crippen LogP contribution is -2.38. The highest BCUT2D eigenvalue weighted by Gasteiger charge is 2.38.